The quantitative estimate of drug-likeness (QED) is 0.460. The van der Waals surface area contributed by atoms with Gasteiger partial charge in [0, 0.05) is 5.57 Å². The summed E-state index contributed by atoms with van der Waals surface area (Å²) in [5.74, 6) is -0.377. The fraction of sp³-hybridized carbons (Fsp3) is 0.0625. The Balaban J connectivity index is 2.46. The van der Waals surface area contributed by atoms with Crippen molar-refractivity contribution in [3.63, 3.8) is 0 Å². The number of carbonyl (C=O) groups is 1. The lowest BCUT2D eigenvalue weighted by atomic mass is 10.0. The molecule has 2 nitrogen and oxygen atoms in total. The monoisotopic (exact) mass is 238 g/mol. The van der Waals surface area contributed by atoms with Gasteiger partial charge >= 0.3 is 5.97 Å². The van der Waals surface area contributed by atoms with Gasteiger partial charge < -0.3 is 4.74 Å². The van der Waals surface area contributed by atoms with Crippen LogP contribution in [0.5, 0.6) is 0 Å². The number of ether oxygens (including phenoxy) is 1. The second-order valence-corrected chi connectivity index (χ2v) is 3.97. The first-order valence-corrected chi connectivity index (χ1v) is 5.70. The topological polar surface area (TPSA) is 26.3 Å². The minimum absolute atomic E-state index is 0.377. The van der Waals surface area contributed by atoms with Crippen molar-refractivity contribution >= 4 is 22.8 Å². The minimum Gasteiger partial charge on any atom is -0.432 e. The summed E-state index contributed by atoms with van der Waals surface area (Å²) >= 11 is 0. The maximum Gasteiger partial charge on any atom is 0.338 e. The first-order chi connectivity index (χ1) is 8.72. The SMILES string of the molecule is C=COC(=O)C(C)=Cc1cccc2ccccc12. The third-order valence-corrected chi connectivity index (χ3v) is 2.71. The van der Waals surface area contributed by atoms with E-state index in [0.717, 1.165) is 22.6 Å². The van der Waals surface area contributed by atoms with Crippen LogP contribution in [0.3, 0.4) is 0 Å². The molecule has 0 atom stereocenters. The van der Waals surface area contributed by atoms with E-state index < -0.39 is 0 Å². The molecule has 90 valence electrons. The van der Waals surface area contributed by atoms with E-state index in [1.165, 1.54) is 0 Å². The molecule has 2 rings (SSSR count). The Hall–Kier alpha value is -2.35. The highest BCUT2D eigenvalue weighted by Gasteiger charge is 2.05. The van der Waals surface area contributed by atoms with Gasteiger partial charge in [-0.1, -0.05) is 49.0 Å². The maximum absolute atomic E-state index is 11.5. The van der Waals surface area contributed by atoms with Crippen LogP contribution in [0.4, 0.5) is 0 Å². The lowest BCUT2D eigenvalue weighted by Crippen LogP contribution is -2.00. The van der Waals surface area contributed by atoms with Crippen LogP contribution in [0.1, 0.15) is 12.5 Å². The highest BCUT2D eigenvalue weighted by Crippen LogP contribution is 2.21. The van der Waals surface area contributed by atoms with Crippen LogP contribution in [0.25, 0.3) is 16.8 Å². The molecule has 2 aromatic rings. The number of hydrogen-bond acceptors (Lipinski definition) is 2. The average molecular weight is 238 g/mol. The fourth-order valence-electron chi connectivity index (χ4n) is 1.84. The Morgan fingerprint density at radius 1 is 1.17 bits per heavy atom. The van der Waals surface area contributed by atoms with E-state index >= 15 is 0 Å². The van der Waals surface area contributed by atoms with Crippen LogP contribution in [0, 0.1) is 0 Å². The lowest BCUT2D eigenvalue weighted by Gasteiger charge is -2.03. The first kappa shape index (κ1) is 12.1. The molecule has 0 aliphatic rings. The number of esters is 1. The smallest absolute Gasteiger partial charge is 0.338 e. The summed E-state index contributed by atoms with van der Waals surface area (Å²) in [5, 5.41) is 2.27. The molecule has 0 amide bonds. The highest BCUT2D eigenvalue weighted by atomic mass is 16.5. The third kappa shape index (κ3) is 2.48. The number of rotatable bonds is 3. The molecule has 0 spiro atoms. The van der Waals surface area contributed by atoms with E-state index in [0.29, 0.717) is 5.57 Å². The van der Waals surface area contributed by atoms with Gasteiger partial charge in [-0.2, -0.15) is 0 Å². The Morgan fingerprint density at radius 2 is 1.89 bits per heavy atom. The van der Waals surface area contributed by atoms with Crippen LogP contribution < -0.4 is 0 Å². The Morgan fingerprint density at radius 3 is 2.67 bits per heavy atom. The standard InChI is InChI=1S/C16H14O2/c1-3-18-16(17)12(2)11-14-9-6-8-13-7-4-5-10-15(13)14/h3-11H,1H2,2H3. The van der Waals surface area contributed by atoms with Crippen LogP contribution in [-0.2, 0) is 9.53 Å². The van der Waals surface area contributed by atoms with Gasteiger partial charge in [0.25, 0.3) is 0 Å². The van der Waals surface area contributed by atoms with Crippen LogP contribution in [0.15, 0.2) is 60.9 Å². The lowest BCUT2D eigenvalue weighted by molar-refractivity contribution is -0.133. The fourth-order valence-corrected chi connectivity index (χ4v) is 1.84. The van der Waals surface area contributed by atoms with E-state index in [1.807, 2.05) is 48.5 Å². The van der Waals surface area contributed by atoms with Gasteiger partial charge in [0.15, 0.2) is 0 Å². The summed E-state index contributed by atoms with van der Waals surface area (Å²) in [4.78, 5) is 11.5. The molecule has 0 fully saturated rings. The van der Waals surface area contributed by atoms with Crippen molar-refractivity contribution in [3.8, 4) is 0 Å². The molecule has 0 heterocycles. The van der Waals surface area contributed by atoms with Gasteiger partial charge in [-0.25, -0.2) is 4.79 Å². The van der Waals surface area contributed by atoms with Gasteiger partial charge in [0.1, 0.15) is 0 Å². The highest BCUT2D eigenvalue weighted by molar-refractivity contribution is 5.98. The van der Waals surface area contributed by atoms with Gasteiger partial charge in [-0.05, 0) is 29.3 Å². The second-order valence-electron chi connectivity index (χ2n) is 3.97. The molecule has 0 saturated carbocycles. The molecular formula is C16H14O2. The van der Waals surface area contributed by atoms with Crippen LogP contribution in [0.2, 0.25) is 0 Å². The minimum atomic E-state index is -0.377. The Kier molecular flexibility index (Phi) is 3.58. The van der Waals surface area contributed by atoms with E-state index in [2.05, 4.69) is 6.58 Å². The zero-order valence-corrected chi connectivity index (χ0v) is 10.2. The molecule has 18 heavy (non-hydrogen) atoms. The van der Waals surface area contributed by atoms with E-state index in [9.17, 15) is 4.79 Å². The van der Waals surface area contributed by atoms with Crippen LogP contribution in [-0.4, -0.2) is 5.97 Å². The van der Waals surface area contributed by atoms with Crippen molar-refractivity contribution < 1.29 is 9.53 Å². The molecule has 0 radical (unpaired) electrons. The van der Waals surface area contributed by atoms with Gasteiger partial charge in [-0.15, -0.1) is 0 Å². The molecule has 2 aromatic carbocycles. The van der Waals surface area contributed by atoms with Gasteiger partial charge in [0.2, 0.25) is 0 Å². The summed E-state index contributed by atoms with van der Waals surface area (Å²) in [6.45, 7) is 5.10. The van der Waals surface area contributed by atoms with Crippen molar-refractivity contribution in [2.75, 3.05) is 0 Å². The summed E-state index contributed by atoms with van der Waals surface area (Å²) < 4.78 is 4.74. The van der Waals surface area contributed by atoms with Crippen molar-refractivity contribution in [2.24, 2.45) is 0 Å². The molecule has 0 aromatic heterocycles. The van der Waals surface area contributed by atoms with E-state index in [-0.39, 0.29) is 5.97 Å². The molecule has 0 unspecified atom stereocenters. The Labute approximate surface area is 106 Å². The maximum atomic E-state index is 11.5. The number of carbonyl (C=O) groups excluding carboxylic acids is 1. The molecular weight excluding hydrogens is 224 g/mol. The molecule has 0 N–H and O–H groups in total. The average Bonchev–Trinajstić information content (AvgIpc) is 2.39. The Bertz CT molecular complexity index is 619. The molecule has 0 aliphatic carbocycles. The van der Waals surface area contributed by atoms with Crippen molar-refractivity contribution in [1.82, 2.24) is 0 Å². The largest absolute Gasteiger partial charge is 0.432 e. The zero-order chi connectivity index (χ0) is 13.0. The number of benzene rings is 2. The van der Waals surface area contributed by atoms with Crippen molar-refractivity contribution in [2.45, 2.75) is 6.92 Å². The first-order valence-electron chi connectivity index (χ1n) is 5.70. The molecule has 2 heteroatoms. The number of hydrogen-bond donors (Lipinski definition) is 0. The van der Waals surface area contributed by atoms with E-state index in [1.54, 1.807) is 6.92 Å². The molecule has 0 aliphatic heterocycles. The normalized spacial score (nSPS) is 11.3. The van der Waals surface area contributed by atoms with Crippen molar-refractivity contribution in [3.05, 3.63) is 66.4 Å². The van der Waals surface area contributed by atoms with Crippen LogP contribution >= 0.6 is 0 Å². The third-order valence-electron chi connectivity index (χ3n) is 2.71. The van der Waals surface area contributed by atoms with Gasteiger partial charge in [-0.3, -0.25) is 0 Å². The summed E-state index contributed by atoms with van der Waals surface area (Å²) in [5.41, 5.74) is 1.55. The van der Waals surface area contributed by atoms with E-state index in [4.69, 9.17) is 4.74 Å². The number of fused-ring (bicyclic) bond motifs is 1. The summed E-state index contributed by atoms with van der Waals surface area (Å²) in [6.07, 6.45) is 2.97. The molecule has 0 bridgehead atoms. The summed E-state index contributed by atoms with van der Waals surface area (Å²) in [6, 6.07) is 14.1. The zero-order valence-electron chi connectivity index (χ0n) is 10.2. The van der Waals surface area contributed by atoms with Gasteiger partial charge in [0.05, 0.1) is 6.26 Å². The predicted octanol–water partition coefficient (Wildman–Crippen LogP) is 3.93. The molecule has 0 saturated heterocycles. The second kappa shape index (κ2) is 5.32. The summed E-state index contributed by atoms with van der Waals surface area (Å²) in [7, 11) is 0. The predicted molar refractivity (Wildman–Crippen MR) is 73.9 cm³/mol. The van der Waals surface area contributed by atoms with Crippen molar-refractivity contribution in [1.29, 1.82) is 0 Å².